The highest BCUT2D eigenvalue weighted by atomic mass is 79.9. The molecule has 0 radical (unpaired) electrons. The van der Waals surface area contributed by atoms with Crippen LogP contribution in [0, 0.1) is 0 Å². The van der Waals surface area contributed by atoms with E-state index >= 15 is 0 Å². The highest BCUT2D eigenvalue weighted by Crippen LogP contribution is 2.33. The average Bonchev–Trinajstić information content (AvgIpc) is 2.46. The van der Waals surface area contributed by atoms with Gasteiger partial charge in [0.1, 0.15) is 11.9 Å². The summed E-state index contributed by atoms with van der Waals surface area (Å²) < 4.78 is 6.42. The lowest BCUT2D eigenvalue weighted by Crippen LogP contribution is -2.02. The van der Waals surface area contributed by atoms with Crippen LogP contribution in [0.2, 0.25) is 5.02 Å². The van der Waals surface area contributed by atoms with E-state index in [1.54, 1.807) is 6.07 Å². The summed E-state index contributed by atoms with van der Waals surface area (Å²) in [5.41, 5.74) is 1.47. The molecular weight excluding hydrogens is 340 g/mol. The van der Waals surface area contributed by atoms with Crippen LogP contribution in [0.1, 0.15) is 30.6 Å². The zero-order chi connectivity index (χ0) is 14.5. The van der Waals surface area contributed by atoms with Gasteiger partial charge in [-0.15, -0.1) is 0 Å². The molecular formula is C16H16BrClO2. The molecule has 0 aliphatic carbocycles. The van der Waals surface area contributed by atoms with Crippen molar-refractivity contribution in [3.8, 4) is 5.75 Å². The quantitative estimate of drug-likeness (QED) is 0.820. The van der Waals surface area contributed by atoms with E-state index in [2.05, 4.69) is 22.9 Å². The Labute approximate surface area is 132 Å². The second-order valence-electron chi connectivity index (χ2n) is 4.46. The van der Waals surface area contributed by atoms with Gasteiger partial charge in [-0.3, -0.25) is 0 Å². The molecule has 0 amide bonds. The fraction of sp³-hybridized carbons (Fsp3) is 0.250. The molecule has 0 aromatic heterocycles. The normalized spacial score (nSPS) is 12.2. The van der Waals surface area contributed by atoms with Crippen molar-refractivity contribution in [3.63, 3.8) is 0 Å². The fourth-order valence-electron chi connectivity index (χ4n) is 1.89. The van der Waals surface area contributed by atoms with E-state index in [-0.39, 0.29) is 0 Å². The van der Waals surface area contributed by atoms with Crippen LogP contribution >= 0.6 is 27.5 Å². The second kappa shape index (κ2) is 7.11. The maximum absolute atomic E-state index is 10.4. The minimum atomic E-state index is -0.750. The molecule has 0 heterocycles. The van der Waals surface area contributed by atoms with Crippen molar-refractivity contribution >= 4 is 27.5 Å². The summed E-state index contributed by atoms with van der Waals surface area (Å²) in [6.45, 7) is 2.73. The molecule has 1 unspecified atom stereocenters. The van der Waals surface area contributed by atoms with E-state index in [0.29, 0.717) is 17.2 Å². The summed E-state index contributed by atoms with van der Waals surface area (Å²) in [5.74, 6) is 0.780. The summed E-state index contributed by atoms with van der Waals surface area (Å²) in [7, 11) is 0. The number of ether oxygens (including phenoxy) is 1. The van der Waals surface area contributed by atoms with Crippen molar-refractivity contribution in [2.45, 2.75) is 19.4 Å². The predicted octanol–water partition coefficient (Wildman–Crippen LogP) is 4.97. The van der Waals surface area contributed by atoms with Gasteiger partial charge in [0.25, 0.3) is 0 Å². The second-order valence-corrected chi connectivity index (χ2v) is 5.72. The van der Waals surface area contributed by atoms with Crippen LogP contribution in [0.15, 0.2) is 46.9 Å². The monoisotopic (exact) mass is 354 g/mol. The highest BCUT2D eigenvalue weighted by molar-refractivity contribution is 9.10. The molecule has 2 aromatic rings. The molecule has 0 fully saturated rings. The minimum Gasteiger partial charge on any atom is -0.492 e. The van der Waals surface area contributed by atoms with E-state index in [1.807, 2.05) is 36.4 Å². The molecule has 2 nitrogen and oxygen atoms in total. The highest BCUT2D eigenvalue weighted by Gasteiger charge is 2.15. The molecule has 0 aliphatic rings. The molecule has 0 saturated heterocycles. The van der Waals surface area contributed by atoms with E-state index in [4.69, 9.17) is 16.3 Å². The van der Waals surface area contributed by atoms with Gasteiger partial charge in [0.2, 0.25) is 0 Å². The Morgan fingerprint density at radius 1 is 1.25 bits per heavy atom. The third kappa shape index (κ3) is 3.54. The molecule has 20 heavy (non-hydrogen) atoms. The lowest BCUT2D eigenvalue weighted by molar-refractivity contribution is 0.220. The Hall–Kier alpha value is -1.03. The molecule has 2 rings (SSSR count). The number of benzene rings is 2. The zero-order valence-electron chi connectivity index (χ0n) is 11.1. The third-order valence-electron chi connectivity index (χ3n) is 2.93. The van der Waals surface area contributed by atoms with Crippen molar-refractivity contribution in [3.05, 3.63) is 63.1 Å². The summed E-state index contributed by atoms with van der Waals surface area (Å²) in [6.07, 6.45) is 0.205. The zero-order valence-corrected chi connectivity index (χ0v) is 13.5. The maximum Gasteiger partial charge on any atom is 0.133 e. The molecule has 0 aliphatic heterocycles. The molecule has 1 N–H and O–H groups in total. The van der Waals surface area contributed by atoms with E-state index in [0.717, 1.165) is 22.2 Å². The molecule has 0 spiro atoms. The number of rotatable bonds is 5. The lowest BCUT2D eigenvalue weighted by atomic mass is 10.0. The number of aliphatic hydroxyl groups is 1. The first-order valence-corrected chi connectivity index (χ1v) is 7.65. The van der Waals surface area contributed by atoms with E-state index in [1.165, 1.54) is 0 Å². The molecule has 4 heteroatoms. The van der Waals surface area contributed by atoms with Crippen LogP contribution in [0.25, 0.3) is 0 Å². The summed E-state index contributed by atoms with van der Waals surface area (Å²) in [4.78, 5) is 0. The number of hydrogen-bond donors (Lipinski definition) is 1. The molecule has 0 saturated carbocycles. The predicted molar refractivity (Wildman–Crippen MR) is 85.4 cm³/mol. The summed E-state index contributed by atoms with van der Waals surface area (Å²) >= 11 is 9.58. The standard InChI is InChI=1S/C16H16BrClO2/c1-2-9-20-15-8-7-11(10-13(15)17)16(19)12-5-3-4-6-14(12)18/h3-8,10,16,19H,2,9H2,1H3. The minimum absolute atomic E-state index is 0.558. The van der Waals surface area contributed by atoms with Gasteiger partial charge in [0.05, 0.1) is 11.1 Å². The van der Waals surface area contributed by atoms with Gasteiger partial charge < -0.3 is 9.84 Å². The lowest BCUT2D eigenvalue weighted by Gasteiger charge is -2.15. The molecule has 106 valence electrons. The number of halogens is 2. The Morgan fingerprint density at radius 2 is 2.00 bits per heavy atom. The number of hydrogen-bond acceptors (Lipinski definition) is 2. The Bertz CT molecular complexity index is 586. The Kier molecular flexibility index (Phi) is 5.46. The van der Waals surface area contributed by atoms with Crippen molar-refractivity contribution in [1.29, 1.82) is 0 Å². The smallest absolute Gasteiger partial charge is 0.133 e. The average molecular weight is 356 g/mol. The van der Waals surface area contributed by atoms with Crippen molar-refractivity contribution in [2.75, 3.05) is 6.61 Å². The van der Waals surface area contributed by atoms with Crippen molar-refractivity contribution in [2.24, 2.45) is 0 Å². The largest absolute Gasteiger partial charge is 0.492 e. The van der Waals surface area contributed by atoms with E-state index in [9.17, 15) is 5.11 Å². The van der Waals surface area contributed by atoms with E-state index < -0.39 is 6.10 Å². The van der Waals surface area contributed by atoms with Crippen LogP contribution < -0.4 is 4.74 Å². The van der Waals surface area contributed by atoms with Gasteiger partial charge in [0.15, 0.2) is 0 Å². The Morgan fingerprint density at radius 3 is 2.65 bits per heavy atom. The van der Waals surface area contributed by atoms with Gasteiger partial charge in [-0.1, -0.05) is 42.8 Å². The van der Waals surface area contributed by atoms with Gasteiger partial charge in [-0.25, -0.2) is 0 Å². The molecule has 2 aromatic carbocycles. The van der Waals surface area contributed by atoms with Crippen molar-refractivity contribution < 1.29 is 9.84 Å². The van der Waals surface area contributed by atoms with Gasteiger partial charge >= 0.3 is 0 Å². The maximum atomic E-state index is 10.4. The fourth-order valence-corrected chi connectivity index (χ4v) is 2.64. The molecule has 0 bridgehead atoms. The first kappa shape index (κ1) is 15.4. The van der Waals surface area contributed by atoms with Crippen LogP contribution in [-0.2, 0) is 0 Å². The first-order valence-electron chi connectivity index (χ1n) is 6.48. The van der Waals surface area contributed by atoms with Crippen LogP contribution in [0.3, 0.4) is 0 Å². The third-order valence-corrected chi connectivity index (χ3v) is 3.90. The Balaban J connectivity index is 2.25. The topological polar surface area (TPSA) is 29.5 Å². The summed E-state index contributed by atoms with van der Waals surface area (Å²) in [5, 5.41) is 11.0. The summed E-state index contributed by atoms with van der Waals surface area (Å²) in [6, 6.07) is 12.9. The van der Waals surface area contributed by atoms with Gasteiger partial charge in [0, 0.05) is 10.6 Å². The van der Waals surface area contributed by atoms with Gasteiger partial charge in [-0.2, -0.15) is 0 Å². The van der Waals surface area contributed by atoms with Crippen molar-refractivity contribution in [1.82, 2.24) is 0 Å². The van der Waals surface area contributed by atoms with Crippen LogP contribution in [0.4, 0.5) is 0 Å². The van der Waals surface area contributed by atoms with Crippen LogP contribution in [-0.4, -0.2) is 11.7 Å². The first-order chi connectivity index (χ1) is 9.63. The van der Waals surface area contributed by atoms with Gasteiger partial charge in [-0.05, 0) is 46.1 Å². The number of aliphatic hydroxyl groups excluding tert-OH is 1. The molecule has 1 atom stereocenters. The van der Waals surface area contributed by atoms with Crippen LogP contribution in [0.5, 0.6) is 5.75 Å². The SMILES string of the molecule is CCCOc1ccc(C(O)c2ccccc2Cl)cc1Br.